The monoisotopic (exact) mass is 218 g/mol. The fraction of sp³-hybridized carbons (Fsp3) is 0.429. The van der Waals surface area contributed by atoms with Crippen LogP contribution in [0.4, 0.5) is 0 Å². The van der Waals surface area contributed by atoms with E-state index in [9.17, 15) is 13.2 Å². The Morgan fingerprint density at radius 2 is 2.07 bits per heavy atom. The summed E-state index contributed by atoms with van der Waals surface area (Å²) >= 11 is 0. The van der Waals surface area contributed by atoms with Crippen LogP contribution in [0.1, 0.15) is 6.92 Å². The standard InChI is InChI=1S/C7H10N2O4S/c1-3-13-7(14(2,11)12)5(4-8)6(9)10/h3H2,1-2H3,(H2,9,10)/b7-5+. The summed E-state index contributed by atoms with van der Waals surface area (Å²) in [6.07, 6.45) is 0.832. The minimum Gasteiger partial charge on any atom is -0.482 e. The summed E-state index contributed by atoms with van der Waals surface area (Å²) < 4.78 is 26.9. The third-order valence-electron chi connectivity index (χ3n) is 1.17. The quantitative estimate of drug-likeness (QED) is 0.380. The number of sulfone groups is 1. The first-order valence-electron chi connectivity index (χ1n) is 3.61. The van der Waals surface area contributed by atoms with Gasteiger partial charge in [0.1, 0.15) is 6.07 Å². The van der Waals surface area contributed by atoms with Crippen LogP contribution in [0.3, 0.4) is 0 Å². The molecule has 0 aliphatic carbocycles. The van der Waals surface area contributed by atoms with Crippen molar-refractivity contribution >= 4 is 15.7 Å². The van der Waals surface area contributed by atoms with Gasteiger partial charge in [0, 0.05) is 6.26 Å². The molecule has 1 amide bonds. The lowest BCUT2D eigenvalue weighted by Gasteiger charge is -2.06. The highest BCUT2D eigenvalue weighted by Gasteiger charge is 2.22. The minimum atomic E-state index is -3.75. The van der Waals surface area contributed by atoms with Crippen molar-refractivity contribution in [1.82, 2.24) is 0 Å². The lowest BCUT2D eigenvalue weighted by atomic mass is 10.3. The highest BCUT2D eigenvalue weighted by atomic mass is 32.2. The summed E-state index contributed by atoms with van der Waals surface area (Å²) in [6, 6.07) is 1.39. The van der Waals surface area contributed by atoms with E-state index in [2.05, 4.69) is 4.74 Å². The van der Waals surface area contributed by atoms with Crippen molar-refractivity contribution in [3.05, 3.63) is 10.7 Å². The number of hydrogen-bond acceptors (Lipinski definition) is 5. The lowest BCUT2D eigenvalue weighted by Crippen LogP contribution is -2.19. The maximum absolute atomic E-state index is 11.1. The molecule has 0 aliphatic heterocycles. The second-order valence-electron chi connectivity index (χ2n) is 2.34. The Morgan fingerprint density at radius 1 is 1.57 bits per heavy atom. The van der Waals surface area contributed by atoms with E-state index in [-0.39, 0.29) is 6.61 Å². The number of nitriles is 1. The van der Waals surface area contributed by atoms with Crippen LogP contribution < -0.4 is 5.73 Å². The predicted octanol–water partition coefficient (Wildman–Crippen LogP) is -0.712. The number of carbonyl (C=O) groups excluding carboxylic acids is 1. The zero-order valence-corrected chi connectivity index (χ0v) is 8.59. The summed E-state index contributed by atoms with van der Waals surface area (Å²) in [7, 11) is -3.75. The fourth-order valence-corrected chi connectivity index (χ4v) is 1.55. The molecule has 0 heterocycles. The molecule has 0 rings (SSSR count). The fourth-order valence-electron chi connectivity index (χ4n) is 0.697. The second-order valence-corrected chi connectivity index (χ2v) is 4.26. The molecule has 0 bridgehead atoms. The molecule has 0 radical (unpaired) electrons. The molecule has 2 N–H and O–H groups in total. The molecule has 0 aromatic heterocycles. The molecule has 78 valence electrons. The van der Waals surface area contributed by atoms with Crippen molar-refractivity contribution < 1.29 is 17.9 Å². The largest absolute Gasteiger partial charge is 0.482 e. The Kier molecular flexibility index (Phi) is 4.11. The van der Waals surface area contributed by atoms with Crippen LogP contribution in [0.2, 0.25) is 0 Å². The number of rotatable bonds is 4. The Labute approximate surface area is 81.9 Å². The van der Waals surface area contributed by atoms with Crippen LogP contribution in [0, 0.1) is 11.3 Å². The predicted molar refractivity (Wildman–Crippen MR) is 48.3 cm³/mol. The van der Waals surface area contributed by atoms with Crippen molar-refractivity contribution in [2.75, 3.05) is 12.9 Å². The van der Waals surface area contributed by atoms with Crippen LogP contribution >= 0.6 is 0 Å². The molecular weight excluding hydrogens is 208 g/mol. The molecular formula is C7H10N2O4S. The Morgan fingerprint density at radius 3 is 2.29 bits per heavy atom. The smallest absolute Gasteiger partial charge is 0.263 e. The second kappa shape index (κ2) is 4.62. The molecule has 6 nitrogen and oxygen atoms in total. The van der Waals surface area contributed by atoms with Gasteiger partial charge in [-0.15, -0.1) is 0 Å². The molecule has 0 unspecified atom stereocenters. The van der Waals surface area contributed by atoms with Gasteiger partial charge >= 0.3 is 0 Å². The van der Waals surface area contributed by atoms with Crippen molar-refractivity contribution in [3.63, 3.8) is 0 Å². The van der Waals surface area contributed by atoms with Crippen LogP contribution in [0.15, 0.2) is 10.7 Å². The van der Waals surface area contributed by atoms with Crippen molar-refractivity contribution in [3.8, 4) is 6.07 Å². The van der Waals surface area contributed by atoms with Crippen molar-refractivity contribution in [2.45, 2.75) is 6.92 Å². The van der Waals surface area contributed by atoms with Gasteiger partial charge in [-0.05, 0) is 6.92 Å². The van der Waals surface area contributed by atoms with Gasteiger partial charge in [0.2, 0.25) is 14.9 Å². The summed E-state index contributed by atoms with van der Waals surface area (Å²) in [4.78, 5) is 10.7. The Hall–Kier alpha value is -1.55. The van der Waals surface area contributed by atoms with Crippen LogP contribution in [0.25, 0.3) is 0 Å². The normalized spacial score (nSPS) is 12.6. The van der Waals surface area contributed by atoms with Gasteiger partial charge in [0.15, 0.2) is 5.57 Å². The minimum absolute atomic E-state index is 0.0286. The third kappa shape index (κ3) is 3.06. The number of primary amides is 1. The zero-order chi connectivity index (χ0) is 11.4. The van der Waals surface area contributed by atoms with E-state index < -0.39 is 26.4 Å². The number of nitrogens with two attached hydrogens (primary N) is 1. The number of amides is 1. The number of nitrogens with zero attached hydrogens (tertiary/aromatic N) is 1. The van der Waals surface area contributed by atoms with Gasteiger partial charge in [0.05, 0.1) is 6.61 Å². The van der Waals surface area contributed by atoms with E-state index in [0.717, 1.165) is 6.26 Å². The average Bonchev–Trinajstić information content (AvgIpc) is 2.02. The lowest BCUT2D eigenvalue weighted by molar-refractivity contribution is -0.114. The summed E-state index contributed by atoms with van der Waals surface area (Å²) in [6.45, 7) is 1.56. The third-order valence-corrected chi connectivity index (χ3v) is 2.17. The molecule has 14 heavy (non-hydrogen) atoms. The van der Waals surface area contributed by atoms with E-state index in [0.29, 0.717) is 0 Å². The van der Waals surface area contributed by atoms with Crippen LogP contribution in [0.5, 0.6) is 0 Å². The highest BCUT2D eigenvalue weighted by molar-refractivity contribution is 7.94. The molecule has 0 aliphatic rings. The van der Waals surface area contributed by atoms with Gasteiger partial charge in [-0.25, -0.2) is 8.42 Å². The van der Waals surface area contributed by atoms with E-state index in [1.54, 1.807) is 0 Å². The molecule has 0 spiro atoms. The van der Waals surface area contributed by atoms with Gasteiger partial charge in [-0.3, -0.25) is 4.79 Å². The van der Waals surface area contributed by atoms with Crippen LogP contribution in [-0.4, -0.2) is 27.2 Å². The zero-order valence-electron chi connectivity index (χ0n) is 7.77. The summed E-state index contributed by atoms with van der Waals surface area (Å²) in [5.41, 5.74) is 4.13. The molecule has 0 saturated heterocycles. The first kappa shape index (κ1) is 12.4. The average molecular weight is 218 g/mol. The molecule has 0 atom stereocenters. The molecule has 7 heteroatoms. The first-order chi connectivity index (χ1) is 6.34. The molecule has 0 aromatic carbocycles. The van der Waals surface area contributed by atoms with Crippen LogP contribution in [-0.2, 0) is 19.4 Å². The summed E-state index contributed by atoms with van der Waals surface area (Å²) in [5, 5.41) is 7.83. The van der Waals surface area contributed by atoms with Gasteiger partial charge in [-0.1, -0.05) is 0 Å². The number of hydrogen-bond donors (Lipinski definition) is 1. The van der Waals surface area contributed by atoms with E-state index in [1.807, 2.05) is 0 Å². The number of ether oxygens (including phenoxy) is 1. The summed E-state index contributed by atoms with van der Waals surface area (Å²) in [5.74, 6) is -1.12. The van der Waals surface area contributed by atoms with Gasteiger partial charge < -0.3 is 10.5 Å². The van der Waals surface area contributed by atoms with Gasteiger partial charge in [0.25, 0.3) is 5.91 Å². The molecule has 0 saturated carbocycles. The van der Waals surface area contributed by atoms with E-state index in [1.165, 1.54) is 13.0 Å². The topological polar surface area (TPSA) is 110 Å². The number of carbonyl (C=O) groups is 1. The maximum Gasteiger partial charge on any atom is 0.263 e. The maximum atomic E-state index is 11.1. The highest BCUT2D eigenvalue weighted by Crippen LogP contribution is 2.12. The molecule has 0 fully saturated rings. The van der Waals surface area contributed by atoms with E-state index in [4.69, 9.17) is 11.0 Å². The van der Waals surface area contributed by atoms with Gasteiger partial charge in [-0.2, -0.15) is 5.26 Å². The van der Waals surface area contributed by atoms with Crippen molar-refractivity contribution in [1.29, 1.82) is 5.26 Å². The first-order valence-corrected chi connectivity index (χ1v) is 5.50. The van der Waals surface area contributed by atoms with Crippen molar-refractivity contribution in [2.24, 2.45) is 5.73 Å². The molecule has 0 aromatic rings. The Bertz CT molecular complexity index is 402. The Balaban J connectivity index is 5.60. The SMILES string of the molecule is CCO/C(=C(/C#N)C(N)=O)S(C)(=O)=O. The van der Waals surface area contributed by atoms with E-state index >= 15 is 0 Å².